The van der Waals surface area contributed by atoms with E-state index < -0.39 is 16.0 Å². The minimum atomic E-state index is -3.76. The molecule has 1 aromatic rings. The third kappa shape index (κ3) is 3.49. The molecule has 0 fully saturated rings. The van der Waals surface area contributed by atoms with Crippen molar-refractivity contribution in [1.29, 1.82) is 0 Å². The Bertz CT molecular complexity index is 596. The lowest BCUT2D eigenvalue weighted by atomic mass is 10.2. The van der Waals surface area contributed by atoms with Crippen LogP contribution in [0, 0.1) is 5.92 Å². The fourth-order valence-corrected chi connectivity index (χ4v) is 3.31. The van der Waals surface area contributed by atoms with E-state index in [0.29, 0.717) is 12.2 Å². The van der Waals surface area contributed by atoms with Crippen molar-refractivity contribution < 1.29 is 17.9 Å². The number of esters is 1. The number of carbonyl (C=O) groups excluding carboxylic acids is 1. The van der Waals surface area contributed by atoms with E-state index in [2.05, 4.69) is 4.74 Å². The van der Waals surface area contributed by atoms with E-state index in [4.69, 9.17) is 5.73 Å². The van der Waals surface area contributed by atoms with Gasteiger partial charge in [-0.25, -0.2) is 17.5 Å². The SMILES string of the molecule is COC(=O)c1cc(N)ccc1S(=O)(=O)N(C)CC(C)C. The number of carbonyl (C=O) groups is 1. The summed E-state index contributed by atoms with van der Waals surface area (Å²) in [6.07, 6.45) is 0. The first kappa shape index (κ1) is 16.5. The first-order chi connectivity index (χ1) is 9.20. The lowest BCUT2D eigenvalue weighted by Gasteiger charge is -2.20. The Kier molecular flexibility index (Phi) is 5.13. The Morgan fingerprint density at radius 3 is 2.50 bits per heavy atom. The summed E-state index contributed by atoms with van der Waals surface area (Å²) in [5, 5.41) is 0. The van der Waals surface area contributed by atoms with E-state index in [9.17, 15) is 13.2 Å². The van der Waals surface area contributed by atoms with Crippen molar-refractivity contribution in [2.75, 3.05) is 26.4 Å². The van der Waals surface area contributed by atoms with Gasteiger partial charge in [0.1, 0.15) is 0 Å². The van der Waals surface area contributed by atoms with Gasteiger partial charge in [-0.1, -0.05) is 13.8 Å². The number of ether oxygens (including phenoxy) is 1. The van der Waals surface area contributed by atoms with Gasteiger partial charge < -0.3 is 10.5 Å². The highest BCUT2D eigenvalue weighted by molar-refractivity contribution is 7.89. The smallest absolute Gasteiger partial charge is 0.339 e. The van der Waals surface area contributed by atoms with Crippen LogP contribution in [0.4, 0.5) is 5.69 Å². The highest BCUT2D eigenvalue weighted by Crippen LogP contribution is 2.23. The molecule has 6 nitrogen and oxygen atoms in total. The van der Waals surface area contributed by atoms with Crippen LogP contribution >= 0.6 is 0 Å². The molecule has 0 atom stereocenters. The van der Waals surface area contributed by atoms with Gasteiger partial charge in [-0.2, -0.15) is 0 Å². The standard InChI is InChI=1S/C13H20N2O4S/c1-9(2)8-15(3)20(17,18)12-6-5-10(14)7-11(12)13(16)19-4/h5-7,9H,8,14H2,1-4H3. The van der Waals surface area contributed by atoms with Crippen molar-refractivity contribution in [2.45, 2.75) is 18.7 Å². The van der Waals surface area contributed by atoms with E-state index in [1.165, 1.54) is 36.7 Å². The molecular weight excluding hydrogens is 280 g/mol. The zero-order chi connectivity index (χ0) is 15.5. The number of anilines is 1. The number of sulfonamides is 1. The summed E-state index contributed by atoms with van der Waals surface area (Å²) < 4.78 is 30.8. The van der Waals surface area contributed by atoms with Gasteiger partial charge in [0.25, 0.3) is 0 Å². The lowest BCUT2D eigenvalue weighted by Crippen LogP contribution is -2.31. The zero-order valence-electron chi connectivity index (χ0n) is 12.1. The Hall–Kier alpha value is -1.60. The molecule has 20 heavy (non-hydrogen) atoms. The Morgan fingerprint density at radius 2 is 2.00 bits per heavy atom. The quantitative estimate of drug-likeness (QED) is 0.654. The van der Waals surface area contributed by atoms with E-state index in [-0.39, 0.29) is 16.4 Å². The summed E-state index contributed by atoms with van der Waals surface area (Å²) >= 11 is 0. The van der Waals surface area contributed by atoms with E-state index >= 15 is 0 Å². The molecule has 0 aliphatic carbocycles. The average molecular weight is 300 g/mol. The number of rotatable bonds is 5. The fourth-order valence-electron chi connectivity index (χ4n) is 1.82. The summed E-state index contributed by atoms with van der Waals surface area (Å²) in [4.78, 5) is 11.6. The highest BCUT2D eigenvalue weighted by atomic mass is 32.2. The number of hydrogen-bond acceptors (Lipinski definition) is 5. The molecule has 0 aliphatic heterocycles. The largest absolute Gasteiger partial charge is 0.465 e. The van der Waals surface area contributed by atoms with Crippen molar-refractivity contribution in [2.24, 2.45) is 5.92 Å². The minimum Gasteiger partial charge on any atom is -0.465 e. The molecule has 0 spiro atoms. The molecular formula is C13H20N2O4S. The molecule has 7 heteroatoms. The second-order valence-corrected chi connectivity index (χ2v) is 6.94. The normalized spacial score (nSPS) is 11.9. The molecule has 2 N–H and O–H groups in total. The lowest BCUT2D eigenvalue weighted by molar-refractivity contribution is 0.0596. The first-order valence-electron chi connectivity index (χ1n) is 6.14. The average Bonchev–Trinajstić information content (AvgIpc) is 2.36. The molecule has 0 aliphatic rings. The number of hydrogen-bond donors (Lipinski definition) is 1. The Labute approximate surface area is 119 Å². The van der Waals surface area contributed by atoms with Crippen LogP contribution in [0.2, 0.25) is 0 Å². The zero-order valence-corrected chi connectivity index (χ0v) is 12.9. The molecule has 1 aromatic carbocycles. The minimum absolute atomic E-state index is 0.0527. The molecule has 0 saturated heterocycles. The van der Waals surface area contributed by atoms with Crippen LogP contribution in [0.1, 0.15) is 24.2 Å². The maximum Gasteiger partial charge on any atom is 0.339 e. The molecule has 112 valence electrons. The second-order valence-electron chi connectivity index (χ2n) is 4.93. The molecule has 0 unspecified atom stereocenters. The topological polar surface area (TPSA) is 89.7 Å². The molecule has 0 heterocycles. The van der Waals surface area contributed by atoms with E-state index in [1.807, 2.05) is 13.8 Å². The van der Waals surface area contributed by atoms with Crippen LogP contribution in [0.3, 0.4) is 0 Å². The third-order valence-electron chi connectivity index (χ3n) is 2.72. The highest BCUT2D eigenvalue weighted by Gasteiger charge is 2.27. The van der Waals surface area contributed by atoms with Crippen LogP contribution < -0.4 is 5.73 Å². The van der Waals surface area contributed by atoms with Crippen LogP contribution in [0.5, 0.6) is 0 Å². The maximum atomic E-state index is 12.5. The summed E-state index contributed by atoms with van der Waals surface area (Å²) in [7, 11) is -1.09. The molecule has 0 bridgehead atoms. The van der Waals surface area contributed by atoms with Crippen LogP contribution in [0.25, 0.3) is 0 Å². The summed E-state index contributed by atoms with van der Waals surface area (Å²) in [6, 6.07) is 4.08. The number of methoxy groups -OCH3 is 1. The number of nitrogen functional groups attached to an aromatic ring is 1. The van der Waals surface area contributed by atoms with Crippen LogP contribution in [-0.4, -0.2) is 39.4 Å². The molecule has 1 rings (SSSR count). The van der Waals surface area contributed by atoms with Crippen molar-refractivity contribution in [1.82, 2.24) is 4.31 Å². The van der Waals surface area contributed by atoms with Crippen molar-refractivity contribution in [3.05, 3.63) is 23.8 Å². The van der Waals surface area contributed by atoms with Crippen molar-refractivity contribution in [3.8, 4) is 0 Å². The van der Waals surface area contributed by atoms with E-state index in [0.717, 1.165) is 0 Å². The van der Waals surface area contributed by atoms with Gasteiger partial charge in [0, 0.05) is 19.3 Å². The molecule has 0 aromatic heterocycles. The number of benzene rings is 1. The third-order valence-corrected chi connectivity index (χ3v) is 4.60. The second kappa shape index (κ2) is 6.23. The molecule has 0 saturated carbocycles. The van der Waals surface area contributed by atoms with Crippen molar-refractivity contribution in [3.63, 3.8) is 0 Å². The summed E-state index contributed by atoms with van der Waals surface area (Å²) in [5.41, 5.74) is 5.85. The van der Waals surface area contributed by atoms with Crippen molar-refractivity contribution >= 4 is 21.7 Å². The van der Waals surface area contributed by atoms with Gasteiger partial charge in [0.05, 0.1) is 17.6 Å². The number of nitrogens with two attached hydrogens (primary N) is 1. The number of nitrogens with zero attached hydrogens (tertiary/aromatic N) is 1. The monoisotopic (exact) mass is 300 g/mol. The fraction of sp³-hybridized carbons (Fsp3) is 0.462. The Balaban J connectivity index is 3.35. The molecule has 0 radical (unpaired) electrons. The van der Waals surface area contributed by atoms with E-state index in [1.54, 1.807) is 0 Å². The Morgan fingerprint density at radius 1 is 1.40 bits per heavy atom. The predicted octanol–water partition coefficient (Wildman–Crippen LogP) is 1.33. The maximum absolute atomic E-state index is 12.5. The van der Waals surface area contributed by atoms with Gasteiger partial charge in [0.15, 0.2) is 0 Å². The summed E-state index contributed by atoms with van der Waals surface area (Å²) in [6.45, 7) is 4.18. The van der Waals surface area contributed by atoms with Gasteiger partial charge in [-0.15, -0.1) is 0 Å². The van der Waals surface area contributed by atoms with Gasteiger partial charge in [-0.3, -0.25) is 0 Å². The predicted molar refractivity (Wildman–Crippen MR) is 76.8 cm³/mol. The van der Waals surface area contributed by atoms with Gasteiger partial charge >= 0.3 is 5.97 Å². The summed E-state index contributed by atoms with van der Waals surface area (Å²) in [5.74, 6) is -0.557. The van der Waals surface area contributed by atoms with Gasteiger partial charge in [0.2, 0.25) is 10.0 Å². The first-order valence-corrected chi connectivity index (χ1v) is 7.58. The van der Waals surface area contributed by atoms with Gasteiger partial charge in [-0.05, 0) is 24.1 Å². The van der Waals surface area contributed by atoms with Crippen LogP contribution in [0.15, 0.2) is 23.1 Å². The molecule has 0 amide bonds. The van der Waals surface area contributed by atoms with Crippen LogP contribution in [-0.2, 0) is 14.8 Å².